The van der Waals surface area contributed by atoms with Crippen molar-refractivity contribution in [2.75, 3.05) is 0 Å². The summed E-state index contributed by atoms with van der Waals surface area (Å²) in [5.41, 5.74) is 5.85. The van der Waals surface area contributed by atoms with Gasteiger partial charge in [-0.15, -0.1) is 29.0 Å². The molecular formula is C28H22Cl2NOZr. The maximum absolute atomic E-state index is 5.99. The average molecular weight is 551 g/mol. The molecule has 2 nitrogen and oxygen atoms in total. The minimum atomic E-state index is 0. The van der Waals surface area contributed by atoms with Crippen molar-refractivity contribution in [2.45, 2.75) is 13.3 Å². The number of hydrogen-bond acceptors (Lipinski definition) is 2. The molecular weight excluding hydrogens is 528 g/mol. The molecule has 0 spiro atoms. The van der Waals surface area contributed by atoms with E-state index in [-0.39, 0.29) is 51.0 Å². The summed E-state index contributed by atoms with van der Waals surface area (Å²) < 4.78 is 5.99. The van der Waals surface area contributed by atoms with Crippen LogP contribution in [0.4, 0.5) is 0 Å². The molecule has 2 aliphatic rings. The van der Waals surface area contributed by atoms with Crippen molar-refractivity contribution in [3.8, 4) is 22.6 Å². The van der Waals surface area contributed by atoms with Crippen LogP contribution in [0.5, 0.6) is 0 Å². The predicted octanol–water partition coefficient (Wildman–Crippen LogP) is 1.72. The Hall–Kier alpha value is -2.32. The molecule has 33 heavy (non-hydrogen) atoms. The predicted molar refractivity (Wildman–Crippen MR) is 126 cm³/mol. The third-order valence-electron chi connectivity index (χ3n) is 5.34. The van der Waals surface area contributed by atoms with Crippen molar-refractivity contribution in [3.63, 3.8) is 0 Å². The van der Waals surface area contributed by atoms with Crippen LogP contribution < -0.4 is 24.8 Å². The van der Waals surface area contributed by atoms with E-state index in [4.69, 9.17) is 4.42 Å². The summed E-state index contributed by atoms with van der Waals surface area (Å²) in [5.74, 6) is 1.82. The van der Waals surface area contributed by atoms with E-state index >= 15 is 0 Å². The first-order valence-corrected chi connectivity index (χ1v) is 10.3. The fraction of sp³-hybridized carbons (Fsp3) is 0.0714. The second-order valence-electron chi connectivity index (χ2n) is 7.37. The molecule has 5 heteroatoms. The number of nitrogens with zero attached hydrogens (tertiary/aromatic N) is 1. The van der Waals surface area contributed by atoms with Crippen LogP contribution in [-0.2, 0) is 26.2 Å². The maximum atomic E-state index is 5.99. The van der Waals surface area contributed by atoms with Crippen LogP contribution in [0.25, 0.3) is 33.4 Å². The summed E-state index contributed by atoms with van der Waals surface area (Å²) >= 11 is 0. The summed E-state index contributed by atoms with van der Waals surface area (Å²) in [5, 5.41) is 2.50. The summed E-state index contributed by atoms with van der Waals surface area (Å²) in [6.07, 6.45) is 9.37. The first-order valence-electron chi connectivity index (χ1n) is 10.3. The monoisotopic (exact) mass is 548 g/mol. The Morgan fingerprint density at radius 3 is 2.33 bits per heavy atom. The molecule has 1 aliphatic heterocycles. The molecule has 163 valence electrons. The van der Waals surface area contributed by atoms with E-state index in [1.165, 1.54) is 22.1 Å². The summed E-state index contributed by atoms with van der Waals surface area (Å²) in [7, 11) is 0. The van der Waals surface area contributed by atoms with Gasteiger partial charge in [-0.05, 0) is 30.7 Å². The fourth-order valence-corrected chi connectivity index (χ4v) is 3.74. The van der Waals surface area contributed by atoms with Crippen LogP contribution in [0.1, 0.15) is 13.3 Å². The van der Waals surface area contributed by atoms with Gasteiger partial charge in [-0.3, -0.25) is 4.99 Å². The standard InChI is InChI=1S/C19H13O.C9H9N.2ClH.Zr/c1-2-6-14(7-3-1)18-10-11-19(20-18)17-12-15-8-4-5-9-16(15)13-17;1-2-8-6-7-4-3-5-9(7)10-8;;;/h1-13H;3-6H,2H2,1H3;2*1H;/q-1;;;;+3/p-2. The first kappa shape index (κ1) is 26.9. The molecule has 0 unspecified atom stereocenters. The van der Waals surface area contributed by atoms with Crippen molar-refractivity contribution < 1.29 is 55.4 Å². The number of fused-ring (bicyclic) bond motifs is 2. The molecule has 1 radical (unpaired) electrons. The van der Waals surface area contributed by atoms with Crippen molar-refractivity contribution in [1.29, 1.82) is 0 Å². The molecule has 6 rings (SSSR count). The van der Waals surface area contributed by atoms with E-state index in [2.05, 4.69) is 78.7 Å². The van der Waals surface area contributed by atoms with Crippen molar-refractivity contribution in [2.24, 2.45) is 4.99 Å². The Morgan fingerprint density at radius 2 is 1.61 bits per heavy atom. The van der Waals surface area contributed by atoms with Crippen LogP contribution >= 0.6 is 0 Å². The Balaban J connectivity index is 0.000000255. The molecule has 4 aromatic rings. The van der Waals surface area contributed by atoms with Gasteiger partial charge in [-0.25, -0.2) is 0 Å². The van der Waals surface area contributed by atoms with Gasteiger partial charge in [-0.2, -0.15) is 0 Å². The molecule has 0 fully saturated rings. The molecule has 0 N–H and O–H groups in total. The zero-order valence-corrected chi connectivity index (χ0v) is 22.1. The third-order valence-corrected chi connectivity index (χ3v) is 5.34. The zero-order valence-electron chi connectivity index (χ0n) is 18.1. The Morgan fingerprint density at radius 1 is 0.879 bits per heavy atom. The van der Waals surface area contributed by atoms with E-state index in [0.717, 1.165) is 34.8 Å². The molecule has 0 bridgehead atoms. The molecule has 1 aliphatic carbocycles. The minimum absolute atomic E-state index is 0. The van der Waals surface area contributed by atoms with Gasteiger partial charge >= 0.3 is 26.2 Å². The van der Waals surface area contributed by atoms with Gasteiger partial charge in [0.15, 0.2) is 0 Å². The molecule has 0 amide bonds. The van der Waals surface area contributed by atoms with Gasteiger partial charge in [-0.1, -0.05) is 73.2 Å². The van der Waals surface area contributed by atoms with Gasteiger partial charge in [0, 0.05) is 16.8 Å². The number of allylic oxidation sites excluding steroid dienone is 4. The third kappa shape index (κ3) is 5.98. The van der Waals surface area contributed by atoms with Crippen molar-refractivity contribution >= 4 is 16.5 Å². The van der Waals surface area contributed by atoms with Crippen molar-refractivity contribution in [1.82, 2.24) is 0 Å². The summed E-state index contributed by atoms with van der Waals surface area (Å²) in [6, 6.07) is 27.0. The molecule has 0 atom stereocenters. The van der Waals surface area contributed by atoms with E-state index in [1.54, 1.807) is 0 Å². The zero-order chi connectivity index (χ0) is 20.3. The number of halogens is 2. The van der Waals surface area contributed by atoms with E-state index in [0.29, 0.717) is 0 Å². The summed E-state index contributed by atoms with van der Waals surface area (Å²) in [6.45, 7) is 2.13. The summed E-state index contributed by atoms with van der Waals surface area (Å²) in [4.78, 5) is 4.39. The number of aliphatic imine (C=N–C) groups is 1. The molecule has 0 saturated carbocycles. The molecule has 2 heterocycles. The van der Waals surface area contributed by atoms with Crippen molar-refractivity contribution in [3.05, 3.63) is 114 Å². The smallest absolute Gasteiger partial charge is 1.00 e. The topological polar surface area (TPSA) is 25.5 Å². The van der Waals surface area contributed by atoms with Gasteiger partial charge in [0.05, 0.1) is 11.5 Å². The van der Waals surface area contributed by atoms with E-state index < -0.39 is 0 Å². The molecule has 3 aromatic carbocycles. The van der Waals surface area contributed by atoms with Gasteiger partial charge in [0.1, 0.15) is 5.76 Å². The SMILES string of the molecule is CCC1=NC2=CC=CC2=C1.[Cl-].[Cl-].[Zr+3].c1ccc(-c2ccc(-c3cc4ccccc4[cH-]3)o2)cc1. The van der Waals surface area contributed by atoms with Crippen LogP contribution in [0.15, 0.2) is 124 Å². The Labute approximate surface area is 226 Å². The second kappa shape index (κ2) is 12.2. The number of benzene rings is 2. The average Bonchev–Trinajstić information content (AvgIpc) is 3.57. The number of rotatable bonds is 3. The van der Waals surface area contributed by atoms with Crippen LogP contribution in [0.2, 0.25) is 0 Å². The maximum Gasteiger partial charge on any atom is 3.00 e. The Bertz CT molecular complexity index is 1290. The van der Waals surface area contributed by atoms with Crippen LogP contribution in [0.3, 0.4) is 0 Å². The number of hydrogen-bond donors (Lipinski definition) is 0. The quantitative estimate of drug-likeness (QED) is 0.357. The van der Waals surface area contributed by atoms with Crippen LogP contribution in [-0.4, -0.2) is 5.71 Å². The van der Waals surface area contributed by atoms with E-state index in [9.17, 15) is 0 Å². The first-order chi connectivity index (χ1) is 14.8. The van der Waals surface area contributed by atoms with E-state index in [1.807, 2.05) is 36.4 Å². The second-order valence-corrected chi connectivity index (χ2v) is 7.37. The minimum Gasteiger partial charge on any atom is -1.00 e. The van der Waals surface area contributed by atoms with Crippen LogP contribution in [0, 0.1) is 0 Å². The number of furan rings is 1. The molecule has 0 saturated heterocycles. The Kier molecular flexibility index (Phi) is 9.98. The fourth-order valence-electron chi connectivity index (χ4n) is 3.74. The molecule has 1 aromatic heterocycles. The normalized spacial score (nSPS) is 12.8. The largest absolute Gasteiger partial charge is 3.00 e. The van der Waals surface area contributed by atoms with Gasteiger partial charge in [0.25, 0.3) is 0 Å². The van der Waals surface area contributed by atoms with Gasteiger partial charge in [0.2, 0.25) is 0 Å². The van der Waals surface area contributed by atoms with Gasteiger partial charge < -0.3 is 29.2 Å².